The normalized spacial score (nSPS) is 11.1. The van der Waals surface area contributed by atoms with Crippen LogP contribution in [0.5, 0.6) is 0 Å². The van der Waals surface area contributed by atoms with E-state index in [1.54, 1.807) is 12.1 Å². The van der Waals surface area contributed by atoms with E-state index in [-0.39, 0.29) is 0 Å². The third kappa shape index (κ3) is 4.74. The molecule has 9 aromatic rings. The average molecular weight is 647 g/mol. The Bertz CT molecular complexity index is 2860. The molecule has 4 nitrogen and oxygen atoms in total. The van der Waals surface area contributed by atoms with Crippen molar-refractivity contribution in [3.63, 3.8) is 0 Å². The van der Waals surface area contributed by atoms with Gasteiger partial charge in [0, 0.05) is 16.5 Å². The van der Waals surface area contributed by atoms with Crippen LogP contribution in [0.1, 0.15) is 11.1 Å². The number of fused-ring (bicyclic) bond motifs is 5. The van der Waals surface area contributed by atoms with Crippen molar-refractivity contribution in [2.24, 2.45) is 0 Å². The zero-order valence-corrected chi connectivity index (χ0v) is 27.3. The van der Waals surface area contributed by atoms with Crippen LogP contribution in [0.2, 0.25) is 0 Å². The minimum absolute atomic E-state index is 0.542. The first kappa shape index (κ1) is 29.7. The molecule has 0 fully saturated rings. The predicted octanol–water partition coefficient (Wildman–Crippen LogP) is 12.4. The first-order valence-electron chi connectivity index (χ1n) is 16.7. The van der Waals surface area contributed by atoms with Crippen LogP contribution in [0.3, 0.4) is 0 Å². The number of nitrogens with zero attached hydrogens (tertiary/aromatic N) is 4. The van der Waals surface area contributed by atoms with E-state index in [9.17, 15) is 10.5 Å². The van der Waals surface area contributed by atoms with Gasteiger partial charge in [-0.1, -0.05) is 109 Å². The lowest BCUT2D eigenvalue weighted by atomic mass is 9.85. The molecule has 0 aliphatic carbocycles. The van der Waals surface area contributed by atoms with Crippen molar-refractivity contribution in [2.75, 3.05) is 0 Å². The Balaban J connectivity index is 1.17. The average Bonchev–Trinajstić information content (AvgIpc) is 3.52. The number of aromatic nitrogens is 1. The fraction of sp³-hybridized carbons (Fsp3) is 0. The van der Waals surface area contributed by atoms with Gasteiger partial charge in [-0.25, -0.2) is 4.85 Å². The Labute approximate surface area is 294 Å². The molecule has 0 saturated heterocycles. The fourth-order valence-corrected chi connectivity index (χ4v) is 7.61. The molecule has 234 valence electrons. The second-order valence-corrected chi connectivity index (χ2v) is 12.6. The summed E-state index contributed by atoms with van der Waals surface area (Å²) in [4.78, 5) is 3.98. The van der Waals surface area contributed by atoms with Crippen LogP contribution < -0.4 is 0 Å². The standard InChI is InChI=1S/C47H26N4/c1-50-43-27-35(51-44-23-15-30(28-48)25-41(44)42-26-31(29-49)16-24-45(42)51)21-22-36(43)32-17-19-34(20-18-32)47-39-13-7-5-11-37(39)46(33-9-3-2-4-10-33)38-12-6-8-14-40(38)47/h2-27H. The van der Waals surface area contributed by atoms with E-state index in [2.05, 4.69) is 125 Å². The maximum atomic E-state index is 9.59. The van der Waals surface area contributed by atoms with Crippen molar-refractivity contribution in [2.45, 2.75) is 0 Å². The molecular weight excluding hydrogens is 621 g/mol. The van der Waals surface area contributed by atoms with E-state index in [1.165, 1.54) is 38.2 Å². The highest BCUT2D eigenvalue weighted by atomic mass is 15.0. The molecule has 1 heterocycles. The SMILES string of the molecule is [C-]#[N+]c1cc(-n2c3ccc(C#N)cc3c3cc(C#N)ccc32)ccc1-c1ccc(-c2c3ccccc3c(-c3ccccc3)c3ccccc23)cc1. The van der Waals surface area contributed by atoms with Crippen LogP contribution in [-0.4, -0.2) is 4.57 Å². The second kappa shape index (κ2) is 11.9. The van der Waals surface area contributed by atoms with Gasteiger partial charge in [-0.15, -0.1) is 0 Å². The molecule has 0 atom stereocenters. The van der Waals surface area contributed by atoms with E-state index < -0.39 is 0 Å². The molecule has 0 radical (unpaired) electrons. The number of hydrogen-bond donors (Lipinski definition) is 0. The van der Waals surface area contributed by atoms with Gasteiger partial charge in [0.2, 0.25) is 0 Å². The van der Waals surface area contributed by atoms with Gasteiger partial charge in [-0.05, 0) is 103 Å². The lowest BCUT2D eigenvalue weighted by Gasteiger charge is -2.18. The Morgan fingerprint density at radius 2 is 0.922 bits per heavy atom. The van der Waals surface area contributed by atoms with E-state index in [0.717, 1.165) is 44.2 Å². The Hall–Kier alpha value is -7.45. The van der Waals surface area contributed by atoms with Crippen molar-refractivity contribution in [3.05, 3.63) is 180 Å². The first-order chi connectivity index (χ1) is 25.2. The molecule has 0 bridgehead atoms. The molecule has 0 aliphatic rings. The maximum Gasteiger partial charge on any atom is 0.196 e. The number of hydrogen-bond acceptors (Lipinski definition) is 2. The summed E-state index contributed by atoms with van der Waals surface area (Å²) in [5, 5.41) is 25.8. The summed E-state index contributed by atoms with van der Waals surface area (Å²) in [6.07, 6.45) is 0. The molecule has 51 heavy (non-hydrogen) atoms. The van der Waals surface area contributed by atoms with E-state index >= 15 is 0 Å². The van der Waals surface area contributed by atoms with E-state index in [0.29, 0.717) is 16.8 Å². The van der Waals surface area contributed by atoms with Crippen molar-refractivity contribution in [1.29, 1.82) is 10.5 Å². The van der Waals surface area contributed by atoms with Crippen molar-refractivity contribution in [3.8, 4) is 51.2 Å². The molecule has 9 rings (SSSR count). The summed E-state index contributed by atoms with van der Waals surface area (Å²) in [5.74, 6) is 0. The lowest BCUT2D eigenvalue weighted by molar-refractivity contribution is 1.18. The molecule has 0 N–H and O–H groups in total. The summed E-state index contributed by atoms with van der Waals surface area (Å²) in [7, 11) is 0. The fourth-order valence-electron chi connectivity index (χ4n) is 7.61. The number of rotatable bonds is 4. The number of benzene rings is 8. The van der Waals surface area contributed by atoms with Gasteiger partial charge >= 0.3 is 0 Å². The van der Waals surface area contributed by atoms with Gasteiger partial charge in [0.25, 0.3) is 0 Å². The van der Waals surface area contributed by atoms with Crippen LogP contribution in [0.4, 0.5) is 5.69 Å². The van der Waals surface area contributed by atoms with Gasteiger partial charge in [-0.3, -0.25) is 0 Å². The monoisotopic (exact) mass is 646 g/mol. The topological polar surface area (TPSA) is 56.9 Å². The minimum Gasteiger partial charge on any atom is -0.311 e. The first-order valence-corrected chi connectivity index (χ1v) is 16.7. The molecule has 0 unspecified atom stereocenters. The van der Waals surface area contributed by atoms with Crippen LogP contribution in [0, 0.1) is 29.2 Å². The number of nitriles is 2. The molecule has 8 aromatic carbocycles. The maximum absolute atomic E-state index is 9.59. The predicted molar refractivity (Wildman–Crippen MR) is 208 cm³/mol. The zero-order chi connectivity index (χ0) is 34.5. The largest absolute Gasteiger partial charge is 0.311 e. The highest BCUT2D eigenvalue weighted by Crippen LogP contribution is 2.44. The minimum atomic E-state index is 0.542. The molecule has 0 spiro atoms. The van der Waals surface area contributed by atoms with Crippen molar-refractivity contribution >= 4 is 49.0 Å². The van der Waals surface area contributed by atoms with Crippen LogP contribution >= 0.6 is 0 Å². The van der Waals surface area contributed by atoms with E-state index in [1.807, 2.05) is 42.5 Å². The Morgan fingerprint density at radius 1 is 0.451 bits per heavy atom. The van der Waals surface area contributed by atoms with Gasteiger partial charge in [0.15, 0.2) is 5.69 Å². The summed E-state index contributed by atoms with van der Waals surface area (Å²) in [6, 6.07) is 58.1. The van der Waals surface area contributed by atoms with Gasteiger partial charge in [0.1, 0.15) is 0 Å². The molecule has 1 aromatic heterocycles. The molecule has 4 heteroatoms. The molecule has 0 aliphatic heterocycles. The smallest absolute Gasteiger partial charge is 0.196 e. The molecule has 0 saturated carbocycles. The summed E-state index contributed by atoms with van der Waals surface area (Å²) < 4.78 is 2.10. The Morgan fingerprint density at radius 3 is 1.41 bits per heavy atom. The lowest BCUT2D eigenvalue weighted by Crippen LogP contribution is -1.94. The second-order valence-electron chi connectivity index (χ2n) is 12.6. The van der Waals surface area contributed by atoms with Crippen molar-refractivity contribution < 1.29 is 0 Å². The molecule has 0 amide bonds. The summed E-state index contributed by atoms with van der Waals surface area (Å²) >= 11 is 0. The van der Waals surface area contributed by atoms with Gasteiger partial charge < -0.3 is 4.57 Å². The van der Waals surface area contributed by atoms with Crippen molar-refractivity contribution in [1.82, 2.24) is 4.57 Å². The molecular formula is C47H26N4. The summed E-state index contributed by atoms with van der Waals surface area (Å²) in [6.45, 7) is 8.18. The quantitative estimate of drug-likeness (QED) is 0.141. The highest BCUT2D eigenvalue weighted by Gasteiger charge is 2.18. The van der Waals surface area contributed by atoms with Crippen LogP contribution in [0.15, 0.2) is 158 Å². The van der Waals surface area contributed by atoms with Crippen LogP contribution in [0.25, 0.3) is 87.3 Å². The van der Waals surface area contributed by atoms with E-state index in [4.69, 9.17) is 6.57 Å². The van der Waals surface area contributed by atoms with Crippen LogP contribution in [-0.2, 0) is 0 Å². The summed E-state index contributed by atoms with van der Waals surface area (Å²) in [5.41, 5.74) is 10.9. The van der Waals surface area contributed by atoms with Gasteiger partial charge in [-0.2, -0.15) is 10.5 Å². The third-order valence-corrected chi connectivity index (χ3v) is 9.86. The zero-order valence-electron chi connectivity index (χ0n) is 27.3. The highest BCUT2D eigenvalue weighted by molar-refractivity contribution is 6.21. The third-order valence-electron chi connectivity index (χ3n) is 9.86. The van der Waals surface area contributed by atoms with Gasteiger partial charge in [0.05, 0.1) is 40.9 Å². The Kier molecular flexibility index (Phi) is 6.93.